The zero-order valence-corrected chi connectivity index (χ0v) is 13.2. The van der Waals surface area contributed by atoms with Crippen LogP contribution in [-0.4, -0.2) is 47.7 Å². The van der Waals surface area contributed by atoms with Crippen molar-refractivity contribution in [1.29, 1.82) is 0 Å². The van der Waals surface area contributed by atoms with Gasteiger partial charge < -0.3 is 14.6 Å². The third kappa shape index (κ3) is 3.70. The molecule has 0 amide bonds. The van der Waals surface area contributed by atoms with E-state index in [1.54, 1.807) is 11.0 Å². The number of rotatable bonds is 6. The van der Waals surface area contributed by atoms with E-state index >= 15 is 0 Å². The highest BCUT2D eigenvalue weighted by Crippen LogP contribution is 2.35. The second kappa shape index (κ2) is 7.28. The molecule has 1 saturated heterocycles. The van der Waals surface area contributed by atoms with Gasteiger partial charge in [0.05, 0.1) is 25.2 Å². The molecule has 2 rings (SSSR count). The molecule has 0 bridgehead atoms. The van der Waals surface area contributed by atoms with E-state index in [0.29, 0.717) is 24.3 Å². The maximum absolute atomic E-state index is 11.4. The van der Waals surface area contributed by atoms with Gasteiger partial charge in [0.15, 0.2) is 11.5 Å². The van der Waals surface area contributed by atoms with Crippen molar-refractivity contribution in [2.45, 2.75) is 31.8 Å². The van der Waals surface area contributed by atoms with Gasteiger partial charge in [0, 0.05) is 12.1 Å². The average molecular weight is 324 g/mol. The highest BCUT2D eigenvalue weighted by Gasteiger charge is 2.30. The molecule has 0 aliphatic carbocycles. The number of likely N-dealkylation sites (tertiary alicyclic amines) is 1. The van der Waals surface area contributed by atoms with Crippen molar-refractivity contribution in [1.82, 2.24) is 4.90 Å². The average Bonchev–Trinajstić information content (AvgIpc) is 2.54. The molecule has 8 nitrogen and oxygen atoms in total. The number of hydrogen-bond acceptors (Lipinski definition) is 6. The van der Waals surface area contributed by atoms with Crippen LogP contribution in [0, 0.1) is 10.1 Å². The molecule has 1 heterocycles. The Labute approximate surface area is 133 Å². The summed E-state index contributed by atoms with van der Waals surface area (Å²) in [6, 6.07) is 2.25. The third-order valence-electron chi connectivity index (χ3n) is 4.05. The summed E-state index contributed by atoms with van der Waals surface area (Å²) >= 11 is 0. The number of carbonyl (C=O) groups is 1. The lowest BCUT2D eigenvalue weighted by Crippen LogP contribution is -2.44. The van der Waals surface area contributed by atoms with Gasteiger partial charge in [-0.15, -0.1) is 0 Å². The molecule has 1 aromatic rings. The smallest absolute Gasteiger partial charge is 0.320 e. The van der Waals surface area contributed by atoms with Gasteiger partial charge in [0.1, 0.15) is 6.04 Å². The fraction of sp³-hybridized carbons (Fsp3) is 0.533. The monoisotopic (exact) mass is 324 g/mol. The van der Waals surface area contributed by atoms with Gasteiger partial charge in [0.2, 0.25) is 0 Å². The molecule has 1 aromatic carbocycles. The largest absolute Gasteiger partial charge is 0.493 e. The summed E-state index contributed by atoms with van der Waals surface area (Å²) < 4.78 is 10.3. The second-order valence-electron chi connectivity index (χ2n) is 5.41. The zero-order chi connectivity index (χ0) is 17.0. The first-order valence-corrected chi connectivity index (χ1v) is 7.34. The van der Waals surface area contributed by atoms with Crippen LogP contribution in [0.5, 0.6) is 11.5 Å². The van der Waals surface area contributed by atoms with Crippen molar-refractivity contribution in [2.75, 3.05) is 20.8 Å². The van der Waals surface area contributed by atoms with Gasteiger partial charge in [-0.25, -0.2) is 0 Å². The van der Waals surface area contributed by atoms with Crippen LogP contribution in [0.3, 0.4) is 0 Å². The second-order valence-corrected chi connectivity index (χ2v) is 5.41. The summed E-state index contributed by atoms with van der Waals surface area (Å²) in [6.07, 6.45) is 2.28. The summed E-state index contributed by atoms with van der Waals surface area (Å²) in [4.78, 5) is 24.0. The minimum Gasteiger partial charge on any atom is -0.493 e. The van der Waals surface area contributed by atoms with Crippen LogP contribution in [0.15, 0.2) is 12.1 Å². The number of nitrogens with zero attached hydrogens (tertiary/aromatic N) is 2. The predicted octanol–water partition coefficient (Wildman–Crippen LogP) is 2.05. The molecule has 1 atom stereocenters. The molecule has 0 radical (unpaired) electrons. The summed E-state index contributed by atoms with van der Waals surface area (Å²) in [5.74, 6) is -0.235. The van der Waals surface area contributed by atoms with E-state index in [-0.39, 0.29) is 18.0 Å². The molecule has 8 heteroatoms. The standard InChI is InChI=1S/C15H20N2O6/c1-22-13-7-10(12(17(20)21)8-14(13)23-2)9-16-6-4-3-5-11(16)15(18)19/h7-8,11H,3-6,9H2,1-2H3,(H,18,19). The number of benzene rings is 1. The van der Waals surface area contributed by atoms with Crippen LogP contribution >= 0.6 is 0 Å². The van der Waals surface area contributed by atoms with E-state index in [1.807, 2.05) is 0 Å². The molecule has 23 heavy (non-hydrogen) atoms. The van der Waals surface area contributed by atoms with E-state index in [2.05, 4.69) is 0 Å². The van der Waals surface area contributed by atoms with Crippen molar-refractivity contribution in [3.05, 3.63) is 27.8 Å². The Hall–Kier alpha value is -2.35. The van der Waals surface area contributed by atoms with Gasteiger partial charge in [-0.2, -0.15) is 0 Å². The Bertz CT molecular complexity index is 604. The van der Waals surface area contributed by atoms with E-state index in [1.165, 1.54) is 20.3 Å². The molecule has 1 aliphatic rings. The molecule has 1 N–H and O–H groups in total. The lowest BCUT2D eigenvalue weighted by Gasteiger charge is -2.32. The Morgan fingerprint density at radius 2 is 2.00 bits per heavy atom. The minimum atomic E-state index is -0.896. The van der Waals surface area contributed by atoms with Crippen molar-refractivity contribution in [3.63, 3.8) is 0 Å². The molecule has 126 valence electrons. The van der Waals surface area contributed by atoms with Gasteiger partial charge in [-0.1, -0.05) is 6.42 Å². The number of carboxylic acids is 1. The van der Waals surface area contributed by atoms with Crippen LogP contribution in [0.1, 0.15) is 24.8 Å². The number of methoxy groups -OCH3 is 2. The van der Waals surface area contributed by atoms with E-state index < -0.39 is 16.9 Å². The summed E-state index contributed by atoms with van der Waals surface area (Å²) in [7, 11) is 2.86. The van der Waals surface area contributed by atoms with Crippen molar-refractivity contribution in [3.8, 4) is 11.5 Å². The number of hydrogen-bond donors (Lipinski definition) is 1. The molecule has 0 aromatic heterocycles. The van der Waals surface area contributed by atoms with E-state index in [0.717, 1.165) is 12.8 Å². The zero-order valence-electron chi connectivity index (χ0n) is 13.2. The van der Waals surface area contributed by atoms with Crippen LogP contribution in [0.4, 0.5) is 5.69 Å². The first kappa shape index (κ1) is 17.0. The molecule has 0 saturated carbocycles. The summed E-state index contributed by atoms with van der Waals surface area (Å²) in [6.45, 7) is 0.788. The molecule has 0 spiro atoms. The fourth-order valence-electron chi connectivity index (χ4n) is 2.89. The summed E-state index contributed by atoms with van der Waals surface area (Å²) in [5.41, 5.74) is 0.318. The number of carboxylic acid groups (broad SMARTS) is 1. The van der Waals surface area contributed by atoms with Crippen LogP contribution in [0.2, 0.25) is 0 Å². The number of nitro groups is 1. The van der Waals surface area contributed by atoms with Crippen molar-refractivity contribution in [2.24, 2.45) is 0 Å². The highest BCUT2D eigenvalue weighted by atomic mass is 16.6. The van der Waals surface area contributed by atoms with E-state index in [4.69, 9.17) is 9.47 Å². The Balaban J connectivity index is 2.37. The Morgan fingerprint density at radius 1 is 1.35 bits per heavy atom. The molecule has 1 fully saturated rings. The maximum atomic E-state index is 11.4. The first-order chi connectivity index (χ1) is 11.0. The number of nitro benzene ring substituents is 1. The predicted molar refractivity (Wildman–Crippen MR) is 81.9 cm³/mol. The Kier molecular flexibility index (Phi) is 5.38. The first-order valence-electron chi connectivity index (χ1n) is 7.34. The van der Waals surface area contributed by atoms with Crippen molar-refractivity contribution >= 4 is 11.7 Å². The van der Waals surface area contributed by atoms with Gasteiger partial charge in [0.25, 0.3) is 5.69 Å². The van der Waals surface area contributed by atoms with Crippen LogP contribution < -0.4 is 9.47 Å². The lowest BCUT2D eigenvalue weighted by molar-refractivity contribution is -0.385. The normalized spacial score (nSPS) is 18.4. The minimum absolute atomic E-state index is 0.0997. The lowest BCUT2D eigenvalue weighted by atomic mass is 10.0. The molecule has 1 unspecified atom stereocenters. The third-order valence-corrected chi connectivity index (χ3v) is 4.05. The number of aliphatic carboxylic acids is 1. The molecule has 1 aliphatic heterocycles. The van der Waals surface area contributed by atoms with Crippen LogP contribution in [0.25, 0.3) is 0 Å². The van der Waals surface area contributed by atoms with Gasteiger partial charge >= 0.3 is 5.97 Å². The van der Waals surface area contributed by atoms with Crippen LogP contribution in [-0.2, 0) is 11.3 Å². The quantitative estimate of drug-likeness (QED) is 0.631. The van der Waals surface area contributed by atoms with Gasteiger partial charge in [-0.3, -0.25) is 19.8 Å². The van der Waals surface area contributed by atoms with Crippen molar-refractivity contribution < 1.29 is 24.3 Å². The number of ether oxygens (including phenoxy) is 2. The van der Waals surface area contributed by atoms with Gasteiger partial charge in [-0.05, 0) is 25.5 Å². The molecular weight excluding hydrogens is 304 g/mol. The van der Waals surface area contributed by atoms with E-state index in [9.17, 15) is 20.0 Å². The maximum Gasteiger partial charge on any atom is 0.320 e. The summed E-state index contributed by atoms with van der Waals surface area (Å²) in [5, 5.41) is 20.6. The topological polar surface area (TPSA) is 102 Å². The SMILES string of the molecule is COc1cc(CN2CCCCC2C(=O)O)c([N+](=O)[O-])cc1OC. The number of piperidine rings is 1. The Morgan fingerprint density at radius 3 is 2.57 bits per heavy atom. The highest BCUT2D eigenvalue weighted by molar-refractivity contribution is 5.73. The molecular formula is C15H20N2O6. The fourth-order valence-corrected chi connectivity index (χ4v) is 2.89.